The third-order valence-electron chi connectivity index (χ3n) is 3.44. The number of hydrogen-bond acceptors (Lipinski definition) is 5. The van der Waals surface area contributed by atoms with Crippen LogP contribution in [0.5, 0.6) is 0 Å². The van der Waals surface area contributed by atoms with Gasteiger partial charge in [-0.2, -0.15) is 24.9 Å². The second-order valence-electron chi connectivity index (χ2n) is 5.00. The minimum atomic E-state index is -4.42. The third kappa shape index (κ3) is 4.41. The first-order chi connectivity index (χ1) is 9.92. The first-order valence-electron chi connectivity index (χ1n) is 6.86. The van der Waals surface area contributed by atoms with E-state index in [1.165, 1.54) is 0 Å². The van der Waals surface area contributed by atoms with E-state index in [4.69, 9.17) is 5.84 Å². The Kier molecular flexibility index (Phi) is 5.21. The molecule has 0 spiro atoms. The molecular formula is C13H19F3N4S. The highest BCUT2D eigenvalue weighted by molar-refractivity contribution is 7.99. The summed E-state index contributed by atoms with van der Waals surface area (Å²) in [6.07, 6.45) is -1.44. The van der Waals surface area contributed by atoms with Gasteiger partial charge in [-0.25, -0.2) is 10.8 Å². The second kappa shape index (κ2) is 6.74. The number of hydrogen-bond donors (Lipinski definition) is 3. The van der Waals surface area contributed by atoms with Gasteiger partial charge >= 0.3 is 6.18 Å². The predicted octanol–water partition coefficient (Wildman–Crippen LogP) is 3.47. The van der Waals surface area contributed by atoms with E-state index in [2.05, 4.69) is 22.7 Å². The standard InChI is InChI=1S/C13H19F3N4S/c1-2-21-10-4-3-9(7-10)18-11-5-8(13(14,15)16)6-12(19-11)20-17/h5-6,9-10H,2-4,7,17H2,1H3,(H2,18,19,20). The van der Waals surface area contributed by atoms with Gasteiger partial charge in [-0.3, -0.25) is 0 Å². The van der Waals surface area contributed by atoms with Crippen LogP contribution >= 0.6 is 11.8 Å². The molecule has 0 bridgehead atoms. The van der Waals surface area contributed by atoms with Crippen molar-refractivity contribution in [3.8, 4) is 0 Å². The Hall–Kier alpha value is -1.15. The summed E-state index contributed by atoms with van der Waals surface area (Å²) in [5, 5.41) is 3.67. The fraction of sp³-hybridized carbons (Fsp3) is 0.615. The molecule has 1 fully saturated rings. The summed E-state index contributed by atoms with van der Waals surface area (Å²) in [6.45, 7) is 2.11. The molecule has 0 amide bonds. The van der Waals surface area contributed by atoms with E-state index in [0.29, 0.717) is 5.25 Å². The number of rotatable bonds is 5. The maximum absolute atomic E-state index is 12.8. The third-order valence-corrected chi connectivity index (χ3v) is 4.67. The number of nitrogen functional groups attached to an aromatic ring is 1. The van der Waals surface area contributed by atoms with Gasteiger partial charge in [-0.05, 0) is 37.1 Å². The molecule has 0 radical (unpaired) electrons. The lowest BCUT2D eigenvalue weighted by molar-refractivity contribution is -0.137. The Bertz CT molecular complexity index is 481. The molecule has 1 aliphatic rings. The monoisotopic (exact) mass is 320 g/mol. The zero-order chi connectivity index (χ0) is 15.5. The van der Waals surface area contributed by atoms with Gasteiger partial charge in [-0.1, -0.05) is 6.92 Å². The Balaban J connectivity index is 2.09. The SMILES string of the molecule is CCSC1CCC(Nc2cc(C(F)(F)F)cc(NN)n2)C1. The van der Waals surface area contributed by atoms with E-state index in [1.54, 1.807) is 0 Å². The van der Waals surface area contributed by atoms with Gasteiger partial charge in [0, 0.05) is 11.3 Å². The van der Waals surface area contributed by atoms with Crippen molar-refractivity contribution in [2.75, 3.05) is 16.5 Å². The molecule has 2 atom stereocenters. The summed E-state index contributed by atoms with van der Waals surface area (Å²) in [7, 11) is 0. The molecule has 2 unspecified atom stereocenters. The maximum atomic E-state index is 12.8. The van der Waals surface area contributed by atoms with E-state index in [-0.39, 0.29) is 17.7 Å². The Labute approximate surface area is 126 Å². The average Bonchev–Trinajstić information content (AvgIpc) is 2.85. The Morgan fingerprint density at radius 3 is 2.67 bits per heavy atom. The minimum Gasteiger partial charge on any atom is -0.367 e. The van der Waals surface area contributed by atoms with Gasteiger partial charge in [0.15, 0.2) is 0 Å². The fourth-order valence-electron chi connectivity index (χ4n) is 2.51. The van der Waals surface area contributed by atoms with Crippen LogP contribution in [-0.4, -0.2) is 22.0 Å². The van der Waals surface area contributed by atoms with Crippen LogP contribution in [0.3, 0.4) is 0 Å². The van der Waals surface area contributed by atoms with Crippen LogP contribution in [0.25, 0.3) is 0 Å². The van der Waals surface area contributed by atoms with E-state index >= 15 is 0 Å². The van der Waals surface area contributed by atoms with Crippen molar-refractivity contribution >= 4 is 23.4 Å². The molecule has 4 N–H and O–H groups in total. The van der Waals surface area contributed by atoms with Crippen LogP contribution < -0.4 is 16.6 Å². The second-order valence-corrected chi connectivity index (χ2v) is 6.58. The van der Waals surface area contributed by atoms with E-state index in [0.717, 1.165) is 37.1 Å². The summed E-state index contributed by atoms with van der Waals surface area (Å²) in [5.74, 6) is 6.46. The zero-order valence-corrected chi connectivity index (χ0v) is 12.5. The summed E-state index contributed by atoms with van der Waals surface area (Å²) in [4.78, 5) is 4.05. The predicted molar refractivity (Wildman–Crippen MR) is 80.2 cm³/mol. The van der Waals surface area contributed by atoms with Crippen LogP contribution in [0.2, 0.25) is 0 Å². The molecule has 2 rings (SSSR count). The van der Waals surface area contributed by atoms with Crippen LogP contribution in [0.15, 0.2) is 12.1 Å². The number of nitrogens with two attached hydrogens (primary N) is 1. The first kappa shape index (κ1) is 16.2. The first-order valence-corrected chi connectivity index (χ1v) is 7.91. The number of alkyl halides is 3. The van der Waals surface area contributed by atoms with Crippen molar-refractivity contribution < 1.29 is 13.2 Å². The molecule has 4 nitrogen and oxygen atoms in total. The molecule has 0 saturated heterocycles. The highest BCUT2D eigenvalue weighted by Crippen LogP contribution is 2.34. The van der Waals surface area contributed by atoms with Gasteiger partial charge in [0.2, 0.25) is 0 Å². The molecule has 1 aromatic heterocycles. The number of anilines is 2. The molecule has 1 aromatic rings. The molecule has 21 heavy (non-hydrogen) atoms. The van der Waals surface area contributed by atoms with Crippen molar-refractivity contribution in [3.63, 3.8) is 0 Å². The van der Waals surface area contributed by atoms with Gasteiger partial charge in [0.05, 0.1) is 5.56 Å². The number of pyridine rings is 1. The average molecular weight is 320 g/mol. The summed E-state index contributed by atoms with van der Waals surface area (Å²) in [6, 6.07) is 2.09. The molecule has 118 valence electrons. The fourth-order valence-corrected chi connectivity index (χ4v) is 3.65. The topological polar surface area (TPSA) is 63.0 Å². The quantitative estimate of drug-likeness (QED) is 0.573. The van der Waals surface area contributed by atoms with Crippen LogP contribution in [0.4, 0.5) is 24.8 Å². The van der Waals surface area contributed by atoms with Gasteiger partial charge in [-0.15, -0.1) is 0 Å². The van der Waals surface area contributed by atoms with Gasteiger partial charge in [0.1, 0.15) is 11.6 Å². The van der Waals surface area contributed by atoms with Crippen LogP contribution in [-0.2, 0) is 6.18 Å². The number of nitrogens with one attached hydrogen (secondary N) is 2. The van der Waals surface area contributed by atoms with Crippen molar-refractivity contribution in [2.24, 2.45) is 5.84 Å². The smallest absolute Gasteiger partial charge is 0.367 e. The molecule has 1 saturated carbocycles. The lowest BCUT2D eigenvalue weighted by atomic mass is 10.2. The summed E-state index contributed by atoms with van der Waals surface area (Å²) in [5.41, 5.74) is 1.42. The van der Waals surface area contributed by atoms with Crippen molar-refractivity contribution in [3.05, 3.63) is 17.7 Å². The molecule has 1 aliphatic carbocycles. The van der Waals surface area contributed by atoms with Crippen LogP contribution in [0, 0.1) is 0 Å². The minimum absolute atomic E-state index is 0.00445. The van der Waals surface area contributed by atoms with Crippen molar-refractivity contribution in [2.45, 2.75) is 43.7 Å². The van der Waals surface area contributed by atoms with E-state index in [1.807, 2.05) is 11.8 Å². The Morgan fingerprint density at radius 2 is 2.05 bits per heavy atom. The van der Waals surface area contributed by atoms with E-state index < -0.39 is 11.7 Å². The lowest BCUT2D eigenvalue weighted by Gasteiger charge is -2.16. The maximum Gasteiger partial charge on any atom is 0.416 e. The molecule has 1 heterocycles. The van der Waals surface area contributed by atoms with Crippen molar-refractivity contribution in [1.82, 2.24) is 4.98 Å². The number of aromatic nitrogens is 1. The number of hydrazine groups is 1. The number of thioether (sulfide) groups is 1. The van der Waals surface area contributed by atoms with Gasteiger partial charge in [0.25, 0.3) is 0 Å². The molecule has 0 aromatic carbocycles. The van der Waals surface area contributed by atoms with Gasteiger partial charge < -0.3 is 10.7 Å². The molecule has 8 heteroatoms. The number of halogens is 3. The summed E-state index contributed by atoms with van der Waals surface area (Å²) < 4.78 is 38.5. The van der Waals surface area contributed by atoms with Crippen molar-refractivity contribution in [1.29, 1.82) is 0 Å². The highest BCUT2D eigenvalue weighted by Gasteiger charge is 2.32. The molecule has 0 aliphatic heterocycles. The van der Waals surface area contributed by atoms with E-state index in [9.17, 15) is 13.2 Å². The molecular weight excluding hydrogens is 301 g/mol. The number of nitrogens with zero attached hydrogens (tertiary/aromatic N) is 1. The van der Waals surface area contributed by atoms with Crippen LogP contribution in [0.1, 0.15) is 31.7 Å². The zero-order valence-electron chi connectivity index (χ0n) is 11.7. The normalized spacial score (nSPS) is 22.3. The highest BCUT2D eigenvalue weighted by atomic mass is 32.2. The largest absolute Gasteiger partial charge is 0.416 e. The Morgan fingerprint density at radius 1 is 1.33 bits per heavy atom. The summed E-state index contributed by atoms with van der Waals surface area (Å²) >= 11 is 1.90. The lowest BCUT2D eigenvalue weighted by Crippen LogP contribution is -2.19.